The Hall–Kier alpha value is -3.96. The Balaban J connectivity index is 2.05. The lowest BCUT2D eigenvalue weighted by Crippen LogP contribution is -2.02. The number of allylic oxidation sites excluding steroid dienone is 1. The van der Waals surface area contributed by atoms with Gasteiger partial charge < -0.3 is 0 Å². The van der Waals surface area contributed by atoms with Crippen molar-refractivity contribution in [2.45, 2.75) is 19.9 Å². The van der Waals surface area contributed by atoms with Gasteiger partial charge in [0.2, 0.25) is 5.78 Å². The van der Waals surface area contributed by atoms with Crippen molar-refractivity contribution >= 4 is 11.9 Å². The van der Waals surface area contributed by atoms with Crippen molar-refractivity contribution < 1.29 is 4.79 Å². The van der Waals surface area contributed by atoms with Gasteiger partial charge in [-0.1, -0.05) is 54.1 Å². The van der Waals surface area contributed by atoms with Gasteiger partial charge in [-0.15, -0.1) is 0 Å². The Morgan fingerprint density at radius 1 is 1.14 bits per heavy atom. The molecule has 5 nitrogen and oxygen atoms in total. The third-order valence-electron chi connectivity index (χ3n) is 4.24. The molecule has 0 fully saturated rings. The minimum Gasteiger partial charge on any atom is -0.288 e. The van der Waals surface area contributed by atoms with E-state index in [1.54, 1.807) is 35.2 Å². The predicted octanol–water partition coefficient (Wildman–Crippen LogP) is 4.56. The predicted molar refractivity (Wildman–Crippen MR) is 107 cm³/mol. The molecule has 136 valence electrons. The second-order valence-electron chi connectivity index (χ2n) is 6.34. The van der Waals surface area contributed by atoms with Crippen molar-refractivity contribution in [3.8, 4) is 23.4 Å². The summed E-state index contributed by atoms with van der Waals surface area (Å²) in [5.74, 6) is -0.324. The molecule has 0 bridgehead atoms. The largest absolute Gasteiger partial charge is 0.288 e. The smallest absolute Gasteiger partial charge is 0.203 e. The van der Waals surface area contributed by atoms with E-state index < -0.39 is 0 Å². The second-order valence-corrected chi connectivity index (χ2v) is 6.34. The van der Waals surface area contributed by atoms with E-state index >= 15 is 0 Å². The van der Waals surface area contributed by atoms with E-state index in [1.807, 2.05) is 49.4 Å². The van der Waals surface area contributed by atoms with Gasteiger partial charge in [0, 0.05) is 22.9 Å². The highest BCUT2D eigenvalue weighted by atomic mass is 16.1. The van der Waals surface area contributed by atoms with Crippen LogP contribution in [-0.2, 0) is 6.54 Å². The topological polar surface area (TPSA) is 82.5 Å². The molecule has 0 atom stereocenters. The quantitative estimate of drug-likeness (QED) is 0.364. The third kappa shape index (κ3) is 4.23. The van der Waals surface area contributed by atoms with E-state index in [0.29, 0.717) is 29.8 Å². The molecule has 0 aliphatic rings. The van der Waals surface area contributed by atoms with Crippen LogP contribution in [0.15, 0.2) is 66.4 Å². The Kier molecular flexibility index (Phi) is 5.79. The van der Waals surface area contributed by atoms with Crippen LogP contribution in [0.4, 0.5) is 0 Å². The van der Waals surface area contributed by atoms with Gasteiger partial charge in [0.05, 0.1) is 24.7 Å². The molecule has 0 radical (unpaired) electrons. The number of nitrogens with zero attached hydrogens (tertiary/aromatic N) is 4. The molecule has 0 saturated carbocycles. The molecule has 28 heavy (non-hydrogen) atoms. The fraction of sp³-hybridized carbons (Fsp3) is 0.130. The van der Waals surface area contributed by atoms with Crippen molar-refractivity contribution in [1.29, 1.82) is 10.5 Å². The minimum absolute atomic E-state index is 0.0441. The van der Waals surface area contributed by atoms with Gasteiger partial charge in [-0.25, -0.2) is 0 Å². The number of rotatable bonds is 6. The summed E-state index contributed by atoms with van der Waals surface area (Å²) in [4.78, 5) is 12.8. The van der Waals surface area contributed by atoms with E-state index in [-0.39, 0.29) is 11.4 Å². The van der Waals surface area contributed by atoms with Gasteiger partial charge in [-0.05, 0) is 19.1 Å². The summed E-state index contributed by atoms with van der Waals surface area (Å²) in [6.45, 7) is 2.34. The number of carbonyl (C=O) groups is 1. The number of Topliss-reactive ketones (excluding diaryl/α,β-unsaturated/α-hetero) is 1. The summed E-state index contributed by atoms with van der Waals surface area (Å²) in [6.07, 6.45) is 3.66. The first-order valence-corrected chi connectivity index (χ1v) is 8.85. The Bertz CT molecular complexity index is 1110. The molecule has 5 heteroatoms. The second kappa shape index (κ2) is 8.62. The van der Waals surface area contributed by atoms with E-state index in [0.717, 1.165) is 11.1 Å². The van der Waals surface area contributed by atoms with Crippen molar-refractivity contribution in [3.63, 3.8) is 0 Å². The van der Waals surface area contributed by atoms with Gasteiger partial charge in [0.25, 0.3) is 0 Å². The Labute approximate surface area is 163 Å². The van der Waals surface area contributed by atoms with Crippen molar-refractivity contribution in [3.05, 3.63) is 83.1 Å². The van der Waals surface area contributed by atoms with Crippen LogP contribution in [-0.4, -0.2) is 15.6 Å². The standard InChI is InChI=1S/C23H18N4O/c1-17-7-5-10-19(13-17)23(28)20(15-25)14-21-16-27(12-6-11-24)26-22(21)18-8-3-2-4-9-18/h2-5,7-10,13-14,16H,6,12H2,1H3/b20-14+. The van der Waals surface area contributed by atoms with E-state index in [9.17, 15) is 10.1 Å². The summed E-state index contributed by atoms with van der Waals surface area (Å²) in [7, 11) is 0. The van der Waals surface area contributed by atoms with Crippen molar-refractivity contribution in [1.82, 2.24) is 9.78 Å². The zero-order valence-electron chi connectivity index (χ0n) is 15.5. The first kappa shape index (κ1) is 18.8. The zero-order chi connectivity index (χ0) is 19.9. The highest BCUT2D eigenvalue weighted by molar-refractivity contribution is 6.14. The average Bonchev–Trinajstić information content (AvgIpc) is 3.13. The molecule has 3 aromatic rings. The molecule has 0 aliphatic heterocycles. The first-order chi connectivity index (χ1) is 13.6. The lowest BCUT2D eigenvalue weighted by molar-refractivity contribution is 0.104. The molecule has 3 rings (SSSR count). The molecular weight excluding hydrogens is 348 g/mol. The number of hydrogen-bond donors (Lipinski definition) is 0. The van der Waals surface area contributed by atoms with Gasteiger partial charge in [0.1, 0.15) is 11.6 Å². The number of ketones is 1. The van der Waals surface area contributed by atoms with Crippen LogP contribution in [0.25, 0.3) is 17.3 Å². The Morgan fingerprint density at radius 3 is 2.61 bits per heavy atom. The van der Waals surface area contributed by atoms with Crippen LogP contribution in [0.3, 0.4) is 0 Å². The minimum atomic E-state index is -0.324. The lowest BCUT2D eigenvalue weighted by Gasteiger charge is -2.02. The van der Waals surface area contributed by atoms with Crippen molar-refractivity contribution in [2.24, 2.45) is 0 Å². The monoisotopic (exact) mass is 366 g/mol. The van der Waals surface area contributed by atoms with E-state index in [4.69, 9.17) is 5.26 Å². The molecule has 0 amide bonds. The van der Waals surface area contributed by atoms with Gasteiger partial charge >= 0.3 is 0 Å². The zero-order valence-corrected chi connectivity index (χ0v) is 15.5. The summed E-state index contributed by atoms with van der Waals surface area (Å²) in [5.41, 5.74) is 3.70. The fourth-order valence-corrected chi connectivity index (χ4v) is 2.89. The van der Waals surface area contributed by atoms with Crippen LogP contribution in [0.5, 0.6) is 0 Å². The highest BCUT2D eigenvalue weighted by Crippen LogP contribution is 2.25. The maximum absolute atomic E-state index is 12.8. The molecule has 0 saturated heterocycles. The summed E-state index contributed by atoms with van der Waals surface area (Å²) in [5, 5.41) is 23.0. The van der Waals surface area contributed by atoms with Gasteiger partial charge in [0.15, 0.2) is 0 Å². The molecule has 0 unspecified atom stereocenters. The van der Waals surface area contributed by atoms with Crippen molar-refractivity contribution in [2.75, 3.05) is 0 Å². The SMILES string of the molecule is Cc1cccc(C(=O)/C(C#N)=C/c2cn(CCC#N)nc2-c2ccccc2)c1. The van der Waals surface area contributed by atoms with Crippen LogP contribution < -0.4 is 0 Å². The molecular formula is C23H18N4O. The summed E-state index contributed by atoms with van der Waals surface area (Å²) < 4.78 is 1.67. The molecule has 2 aromatic carbocycles. The van der Waals surface area contributed by atoms with Crippen LogP contribution in [0.2, 0.25) is 0 Å². The van der Waals surface area contributed by atoms with Crippen LogP contribution in [0.1, 0.15) is 27.9 Å². The normalized spacial score (nSPS) is 10.9. The summed E-state index contributed by atoms with van der Waals surface area (Å²) >= 11 is 0. The number of hydrogen-bond acceptors (Lipinski definition) is 4. The van der Waals surface area contributed by atoms with Gasteiger partial charge in [-0.2, -0.15) is 15.6 Å². The maximum Gasteiger partial charge on any atom is 0.203 e. The first-order valence-electron chi connectivity index (χ1n) is 8.85. The number of carbonyl (C=O) groups excluding carboxylic acids is 1. The lowest BCUT2D eigenvalue weighted by atomic mass is 9.99. The number of nitriles is 2. The maximum atomic E-state index is 12.8. The third-order valence-corrected chi connectivity index (χ3v) is 4.24. The molecule has 0 N–H and O–H groups in total. The number of aryl methyl sites for hydroxylation is 2. The molecule has 1 heterocycles. The van der Waals surface area contributed by atoms with Gasteiger partial charge in [-0.3, -0.25) is 9.48 Å². The number of aromatic nitrogens is 2. The number of benzene rings is 2. The Morgan fingerprint density at radius 2 is 1.93 bits per heavy atom. The van der Waals surface area contributed by atoms with Crippen LogP contribution >= 0.6 is 0 Å². The van der Waals surface area contributed by atoms with E-state index in [1.165, 1.54) is 0 Å². The van der Waals surface area contributed by atoms with E-state index in [2.05, 4.69) is 11.2 Å². The summed E-state index contributed by atoms with van der Waals surface area (Å²) in [6, 6.07) is 20.8. The molecule has 0 aliphatic carbocycles. The van der Waals surface area contributed by atoms with Crippen LogP contribution in [0, 0.1) is 29.6 Å². The highest BCUT2D eigenvalue weighted by Gasteiger charge is 2.16. The fourth-order valence-electron chi connectivity index (χ4n) is 2.89. The molecule has 0 spiro atoms. The average molecular weight is 366 g/mol. The molecule has 1 aromatic heterocycles.